The highest BCUT2D eigenvalue weighted by molar-refractivity contribution is 5.34. The smallest absolute Gasteiger partial charge is 0.0792 e. The van der Waals surface area contributed by atoms with Gasteiger partial charge in [-0.2, -0.15) is 10.1 Å². The summed E-state index contributed by atoms with van der Waals surface area (Å²) in [5.74, 6) is 1.60. The zero-order chi connectivity index (χ0) is 26.7. The van der Waals surface area contributed by atoms with Gasteiger partial charge in [-0.25, -0.2) is 0 Å². The molecule has 0 spiro atoms. The van der Waals surface area contributed by atoms with Crippen LogP contribution in [0.2, 0.25) is 0 Å². The van der Waals surface area contributed by atoms with E-state index in [1.54, 1.807) is 0 Å². The fourth-order valence-electron chi connectivity index (χ4n) is 9.97. The van der Waals surface area contributed by atoms with Crippen LogP contribution in [0.4, 0.5) is 0 Å². The van der Waals surface area contributed by atoms with Crippen LogP contribution in [0.15, 0.2) is 0 Å². The predicted octanol–water partition coefficient (Wildman–Crippen LogP) is 2.83. The van der Waals surface area contributed by atoms with Crippen molar-refractivity contribution in [3.05, 3.63) is 0 Å². The summed E-state index contributed by atoms with van der Waals surface area (Å²) < 4.78 is 0. The number of hydrogen-bond acceptors (Lipinski definition) is 8. The fraction of sp³-hybridized carbons (Fsp3) is 1.00. The Morgan fingerprint density at radius 1 is 0.556 bits per heavy atom. The van der Waals surface area contributed by atoms with Crippen molar-refractivity contribution < 1.29 is 9.68 Å². The molecule has 5 fully saturated rings. The van der Waals surface area contributed by atoms with Crippen molar-refractivity contribution in [1.29, 1.82) is 0 Å². The Morgan fingerprint density at radius 2 is 0.806 bits per heavy atom. The quantitative estimate of drug-likeness (QED) is 0.520. The molecule has 208 valence electrons. The van der Waals surface area contributed by atoms with Crippen LogP contribution in [-0.2, 0) is 9.68 Å². The molecule has 8 nitrogen and oxygen atoms in total. The molecule has 3 saturated heterocycles. The minimum Gasteiger partial charge on any atom is -0.313 e. The normalized spacial score (nSPS) is 45.0. The number of piperazine rings is 1. The van der Waals surface area contributed by atoms with E-state index in [-0.39, 0.29) is 33.5 Å². The first-order valence-electron chi connectivity index (χ1n) is 14.5. The van der Waals surface area contributed by atoms with Gasteiger partial charge in [0.05, 0.1) is 24.5 Å². The van der Waals surface area contributed by atoms with Gasteiger partial charge in [0.2, 0.25) is 0 Å². The molecular weight excluding hydrogens is 452 g/mol. The molecule has 2 aliphatic carbocycles. The fourth-order valence-corrected chi connectivity index (χ4v) is 9.97. The van der Waals surface area contributed by atoms with Crippen LogP contribution < -0.4 is 11.5 Å². The summed E-state index contributed by atoms with van der Waals surface area (Å²) in [4.78, 5) is 17.7. The van der Waals surface area contributed by atoms with Crippen LogP contribution in [0.25, 0.3) is 0 Å². The highest BCUT2D eigenvalue weighted by Crippen LogP contribution is 2.71. The van der Waals surface area contributed by atoms with Gasteiger partial charge in [-0.15, -0.1) is 0 Å². The van der Waals surface area contributed by atoms with Crippen LogP contribution in [0.5, 0.6) is 0 Å². The summed E-state index contributed by atoms with van der Waals surface area (Å²) in [7, 11) is 0. The molecule has 0 aromatic heterocycles. The number of nitrogens with zero attached hydrogens (tertiary/aromatic N) is 4. The van der Waals surface area contributed by atoms with Crippen molar-refractivity contribution in [2.75, 3.05) is 39.4 Å². The summed E-state index contributed by atoms with van der Waals surface area (Å²) in [5.41, 5.74) is 13.7. The molecule has 36 heavy (non-hydrogen) atoms. The second-order valence-corrected chi connectivity index (χ2v) is 14.5. The molecule has 5 rings (SSSR count). The Morgan fingerprint density at radius 3 is 1.03 bits per heavy atom. The zero-order valence-corrected chi connectivity index (χ0v) is 24.7. The average Bonchev–Trinajstić information content (AvgIpc) is 3.61. The molecule has 5 aliphatic rings. The van der Waals surface area contributed by atoms with E-state index in [0.29, 0.717) is 23.7 Å². The van der Waals surface area contributed by atoms with E-state index in [0.717, 1.165) is 52.2 Å². The molecule has 4 atom stereocenters. The monoisotopic (exact) mass is 506 g/mol. The number of hydrogen-bond donors (Lipinski definition) is 2. The molecule has 0 aromatic rings. The second kappa shape index (κ2) is 8.10. The predicted molar refractivity (Wildman–Crippen MR) is 143 cm³/mol. The van der Waals surface area contributed by atoms with Crippen molar-refractivity contribution >= 4 is 0 Å². The van der Waals surface area contributed by atoms with E-state index in [1.807, 2.05) is 0 Å². The van der Waals surface area contributed by atoms with Crippen LogP contribution in [0, 0.1) is 23.7 Å². The Labute approximate surface area is 219 Å². The second-order valence-electron chi connectivity index (χ2n) is 14.5. The topological polar surface area (TPSA) is 83.5 Å². The summed E-state index contributed by atoms with van der Waals surface area (Å²) >= 11 is 0. The van der Waals surface area contributed by atoms with Crippen molar-refractivity contribution in [3.63, 3.8) is 0 Å². The SMILES string of the molecule is CCCON1C(C)(C)C2C(C1(C)C)C2(N)N1CCN(C2(N)C3C2C(C)(C)N(OCCC)C3(C)C)CC1. The lowest BCUT2D eigenvalue weighted by molar-refractivity contribution is -0.263. The molecule has 4 N–H and O–H groups in total. The maximum Gasteiger partial charge on any atom is 0.0792 e. The Kier molecular flexibility index (Phi) is 6.13. The van der Waals surface area contributed by atoms with E-state index < -0.39 is 0 Å². The highest BCUT2D eigenvalue weighted by Gasteiger charge is 2.84. The van der Waals surface area contributed by atoms with E-state index >= 15 is 0 Å². The third kappa shape index (κ3) is 3.22. The van der Waals surface area contributed by atoms with E-state index in [9.17, 15) is 0 Å². The molecule has 8 heteroatoms. The molecule has 3 aliphatic heterocycles. The summed E-state index contributed by atoms with van der Waals surface area (Å²) in [6.45, 7) is 28.3. The number of hydroxylamine groups is 4. The number of piperidine rings is 2. The molecule has 3 heterocycles. The Balaban J connectivity index is 1.27. The molecule has 0 radical (unpaired) electrons. The van der Waals surface area contributed by atoms with Crippen LogP contribution in [0.1, 0.15) is 82.1 Å². The minimum atomic E-state index is -0.268. The van der Waals surface area contributed by atoms with Gasteiger partial charge in [0.25, 0.3) is 0 Å². The van der Waals surface area contributed by atoms with Gasteiger partial charge >= 0.3 is 0 Å². The number of nitrogens with two attached hydrogens (primary N) is 2. The lowest BCUT2D eigenvalue weighted by Crippen LogP contribution is -2.68. The first-order valence-corrected chi connectivity index (χ1v) is 14.5. The first kappa shape index (κ1) is 27.3. The van der Waals surface area contributed by atoms with Crippen LogP contribution >= 0.6 is 0 Å². The number of rotatable bonds is 8. The van der Waals surface area contributed by atoms with Gasteiger partial charge in [-0.05, 0) is 68.2 Å². The molecule has 2 saturated carbocycles. The summed E-state index contributed by atoms with van der Waals surface area (Å²) in [6.07, 6.45) is 2.04. The zero-order valence-electron chi connectivity index (χ0n) is 24.7. The largest absolute Gasteiger partial charge is 0.313 e. The maximum absolute atomic E-state index is 7.30. The number of fused-ring (bicyclic) bond motifs is 2. The van der Waals surface area contributed by atoms with Gasteiger partial charge in [-0.3, -0.25) is 19.5 Å². The van der Waals surface area contributed by atoms with Gasteiger partial charge < -0.3 is 11.5 Å². The van der Waals surface area contributed by atoms with Crippen molar-refractivity contribution in [2.24, 2.45) is 35.1 Å². The minimum absolute atomic E-state index is 0.0895. The van der Waals surface area contributed by atoms with Gasteiger partial charge in [0.1, 0.15) is 0 Å². The average molecular weight is 507 g/mol. The van der Waals surface area contributed by atoms with E-state index in [1.165, 1.54) is 0 Å². The summed E-state index contributed by atoms with van der Waals surface area (Å²) in [5, 5.41) is 4.52. The lowest BCUT2D eigenvalue weighted by atomic mass is 9.93. The molecule has 0 amide bonds. The Bertz CT molecular complexity index is 750. The van der Waals surface area contributed by atoms with Gasteiger partial charge in [-0.1, -0.05) is 13.8 Å². The molecule has 0 bridgehead atoms. The van der Waals surface area contributed by atoms with E-state index in [4.69, 9.17) is 21.1 Å². The molecule has 4 unspecified atom stereocenters. The maximum atomic E-state index is 7.30. The lowest BCUT2D eigenvalue weighted by Gasteiger charge is -2.51. The third-order valence-corrected chi connectivity index (χ3v) is 10.8. The molecular formula is C28H54N6O2. The van der Waals surface area contributed by atoms with Crippen molar-refractivity contribution in [1.82, 2.24) is 19.9 Å². The van der Waals surface area contributed by atoms with Crippen LogP contribution in [0.3, 0.4) is 0 Å². The first-order chi connectivity index (χ1) is 16.6. The van der Waals surface area contributed by atoms with Gasteiger partial charge in [0.15, 0.2) is 0 Å². The Hall–Kier alpha value is -0.320. The van der Waals surface area contributed by atoms with E-state index in [2.05, 4.69) is 89.2 Å². The third-order valence-electron chi connectivity index (χ3n) is 10.8. The van der Waals surface area contributed by atoms with Crippen molar-refractivity contribution in [2.45, 2.75) is 116 Å². The standard InChI is InChI=1S/C28H54N6O2/c1-11-17-35-33-23(3,4)19-20(24(33,5)6)27(19,29)31-13-15-32(16-14-31)28(30)21-22(28)26(9,10)34(25(21,7)8)36-18-12-2/h19-22H,11-18,29-30H2,1-10H3. The molecule has 0 aromatic carbocycles. The van der Waals surface area contributed by atoms with Gasteiger partial charge in [0, 0.05) is 72.0 Å². The van der Waals surface area contributed by atoms with Crippen molar-refractivity contribution in [3.8, 4) is 0 Å². The highest BCUT2D eigenvalue weighted by atomic mass is 16.7. The summed E-state index contributed by atoms with van der Waals surface area (Å²) in [6, 6.07) is 0. The van der Waals surface area contributed by atoms with Crippen LogP contribution in [-0.4, -0.2) is 92.8 Å².